The lowest BCUT2D eigenvalue weighted by molar-refractivity contribution is 0.293. The summed E-state index contributed by atoms with van der Waals surface area (Å²) in [5.74, 6) is 4.13. The average molecular weight is 737 g/mol. The van der Waals surface area contributed by atoms with Crippen molar-refractivity contribution in [3.63, 3.8) is 0 Å². The van der Waals surface area contributed by atoms with Crippen molar-refractivity contribution >= 4 is 29.0 Å². The van der Waals surface area contributed by atoms with Crippen molar-refractivity contribution in [1.82, 2.24) is 5.32 Å². The molecule has 56 heavy (non-hydrogen) atoms. The van der Waals surface area contributed by atoms with Crippen LogP contribution in [-0.4, -0.2) is 13.2 Å². The molecule has 3 aromatic carbocycles. The van der Waals surface area contributed by atoms with Crippen LogP contribution in [0.2, 0.25) is 0 Å². The number of rotatable bonds is 14. The lowest BCUT2D eigenvalue weighted by Crippen LogP contribution is -2.16. The molecule has 1 unspecified atom stereocenters. The van der Waals surface area contributed by atoms with Crippen LogP contribution in [0.15, 0.2) is 201 Å². The molecule has 3 N–H and O–H groups in total. The van der Waals surface area contributed by atoms with Crippen molar-refractivity contribution in [2.24, 2.45) is 0 Å². The van der Waals surface area contributed by atoms with Crippen LogP contribution >= 0.6 is 0 Å². The minimum absolute atomic E-state index is 0.00667. The van der Waals surface area contributed by atoms with Gasteiger partial charge in [0.05, 0.1) is 5.69 Å². The summed E-state index contributed by atoms with van der Waals surface area (Å²) in [7, 11) is 1.95. The van der Waals surface area contributed by atoms with Gasteiger partial charge in [-0.1, -0.05) is 179 Å². The van der Waals surface area contributed by atoms with E-state index in [1.807, 2.05) is 86.8 Å². The van der Waals surface area contributed by atoms with Gasteiger partial charge in [-0.2, -0.15) is 0 Å². The average Bonchev–Trinajstić information content (AvgIpc) is 3.42. The van der Waals surface area contributed by atoms with E-state index in [0.717, 1.165) is 51.3 Å². The molecule has 2 aliphatic rings. The maximum Gasteiger partial charge on any atom is 0.151 e. The third-order valence-electron chi connectivity index (χ3n) is 8.80. The predicted molar refractivity (Wildman–Crippen MR) is 242 cm³/mol. The van der Waals surface area contributed by atoms with Gasteiger partial charge in [-0.3, -0.25) is 0 Å². The number of nitrogens with one attached hydrogen (secondary N) is 1. The summed E-state index contributed by atoms with van der Waals surface area (Å²) in [6.07, 6.45) is 36.2. The third-order valence-corrected chi connectivity index (χ3v) is 8.80. The Labute approximate surface area is 334 Å². The number of anilines is 1. The fraction of sp³-hybridized carbons (Fsp3) is 0.115. The van der Waals surface area contributed by atoms with Gasteiger partial charge in [0.1, 0.15) is 18.0 Å². The molecule has 4 nitrogen and oxygen atoms in total. The zero-order chi connectivity index (χ0) is 40.1. The number of hydrogen-bond acceptors (Lipinski definition) is 4. The summed E-state index contributed by atoms with van der Waals surface area (Å²) in [4.78, 5) is 0. The molecule has 1 atom stereocenters. The van der Waals surface area contributed by atoms with E-state index in [2.05, 4.69) is 130 Å². The second-order valence-electron chi connectivity index (χ2n) is 12.7. The highest BCUT2D eigenvalue weighted by molar-refractivity contribution is 5.84. The van der Waals surface area contributed by atoms with Crippen molar-refractivity contribution in [1.29, 1.82) is 0 Å². The van der Waals surface area contributed by atoms with Crippen molar-refractivity contribution in [2.75, 3.05) is 12.8 Å². The number of allylic oxidation sites excluding steroid dienone is 15. The lowest BCUT2D eigenvalue weighted by atomic mass is 9.98. The second-order valence-corrected chi connectivity index (χ2v) is 12.7. The van der Waals surface area contributed by atoms with Gasteiger partial charge in [0, 0.05) is 30.3 Å². The number of likely N-dealkylation sites (N-methyl/N-ethyl adjacent to an activating group) is 1. The Kier molecular flexibility index (Phi) is 16.6. The predicted octanol–water partition coefficient (Wildman–Crippen LogP) is 12.3. The second kappa shape index (κ2) is 22.3. The van der Waals surface area contributed by atoms with Crippen LogP contribution in [0.25, 0.3) is 23.3 Å². The van der Waals surface area contributed by atoms with Crippen LogP contribution < -0.4 is 15.8 Å². The van der Waals surface area contributed by atoms with Gasteiger partial charge in [-0.05, 0) is 76.6 Å². The smallest absolute Gasteiger partial charge is 0.151 e. The van der Waals surface area contributed by atoms with E-state index < -0.39 is 0 Å². The first-order valence-electron chi connectivity index (χ1n) is 18.6. The quantitative estimate of drug-likeness (QED) is 0.0749. The Morgan fingerprint density at radius 2 is 1.75 bits per heavy atom. The molecular weight excluding hydrogens is 685 g/mol. The summed E-state index contributed by atoms with van der Waals surface area (Å²) in [6, 6.07) is 22.8. The molecule has 1 aliphatic carbocycles. The lowest BCUT2D eigenvalue weighted by Gasteiger charge is -2.22. The number of nitrogens with two attached hydrogens (primary N) is 1. The molecule has 0 aromatic heterocycles. The highest BCUT2D eigenvalue weighted by atomic mass is 16.5. The zero-order valence-corrected chi connectivity index (χ0v) is 32.8. The minimum Gasteiger partial charge on any atom is -0.479 e. The SMILES string of the molecule is C=C/C=C\C=C/c1ccc(C/C=C\C(NC)=C(/C)c2ccccc2/C=C\C=C(\C(=C)C=C)C(=C)OC#CCC)cc1.Nc1cccc2c1OC1C=CC=CC2=C1. The van der Waals surface area contributed by atoms with E-state index in [0.29, 0.717) is 17.9 Å². The highest BCUT2D eigenvalue weighted by Gasteiger charge is 2.20. The van der Waals surface area contributed by atoms with Crippen molar-refractivity contribution in [3.8, 4) is 17.8 Å². The van der Waals surface area contributed by atoms with Gasteiger partial charge in [0.2, 0.25) is 0 Å². The standard InChI is InChI=1S/C39H41NO.C13H11NO/c1-8-11-13-14-19-34-26-28-35(29-27-34)20-17-25-39(40-7)32(5)38-23-16-15-21-36(38)22-18-24-37(31(4)10-3)33(6)41-30-12-9-2;14-12-7-3-6-11-9-4-1-2-5-10(8-9)15-13(11)12/h8,10-11,13-19,21-29,40H,1,3-4,6,9,20H2,2,5,7H3;1-8,10H,14H2/b13-11-,19-14-,22-18-,25-17-,37-24-,39-32-;. The Hall–Kier alpha value is -6.96. The molecule has 4 heteroatoms. The molecule has 5 rings (SSSR count). The number of nitrogen functional groups attached to an aromatic ring is 1. The van der Waals surface area contributed by atoms with Crippen LogP contribution in [0, 0.1) is 12.0 Å². The van der Waals surface area contributed by atoms with Crippen molar-refractivity contribution < 1.29 is 9.47 Å². The van der Waals surface area contributed by atoms with Gasteiger partial charge in [0.25, 0.3) is 0 Å². The highest BCUT2D eigenvalue weighted by Crippen LogP contribution is 2.38. The summed E-state index contributed by atoms with van der Waals surface area (Å²) in [5, 5.41) is 3.36. The fourth-order valence-corrected chi connectivity index (χ4v) is 5.80. The molecule has 282 valence electrons. The number of para-hydroxylation sites is 1. The van der Waals surface area contributed by atoms with Crippen LogP contribution in [-0.2, 0) is 11.2 Å². The first-order valence-corrected chi connectivity index (χ1v) is 18.6. The van der Waals surface area contributed by atoms with E-state index in [4.69, 9.17) is 15.2 Å². The van der Waals surface area contributed by atoms with E-state index in [-0.39, 0.29) is 6.10 Å². The molecule has 0 amide bonds. The van der Waals surface area contributed by atoms with Gasteiger partial charge in [-0.15, -0.1) is 0 Å². The molecule has 0 fully saturated rings. The number of hydrogen-bond donors (Lipinski definition) is 2. The molecule has 0 saturated carbocycles. The Balaban J connectivity index is 0.000000379. The van der Waals surface area contributed by atoms with Gasteiger partial charge >= 0.3 is 0 Å². The molecule has 0 spiro atoms. The molecule has 3 aromatic rings. The van der Waals surface area contributed by atoms with E-state index in [1.54, 1.807) is 12.2 Å². The van der Waals surface area contributed by atoms with Crippen LogP contribution in [0.4, 0.5) is 5.69 Å². The van der Waals surface area contributed by atoms with Crippen LogP contribution in [0.5, 0.6) is 5.75 Å². The summed E-state index contributed by atoms with van der Waals surface area (Å²) in [6.45, 7) is 19.7. The van der Waals surface area contributed by atoms with Gasteiger partial charge in [0.15, 0.2) is 5.75 Å². The molecule has 1 heterocycles. The summed E-state index contributed by atoms with van der Waals surface area (Å²) >= 11 is 0. The Morgan fingerprint density at radius 3 is 2.50 bits per heavy atom. The van der Waals surface area contributed by atoms with Gasteiger partial charge < -0.3 is 20.5 Å². The van der Waals surface area contributed by atoms with Gasteiger partial charge in [-0.25, -0.2) is 0 Å². The van der Waals surface area contributed by atoms with E-state index >= 15 is 0 Å². The van der Waals surface area contributed by atoms with E-state index in [1.165, 1.54) is 16.7 Å². The Morgan fingerprint density at radius 1 is 0.946 bits per heavy atom. The summed E-state index contributed by atoms with van der Waals surface area (Å²) in [5.41, 5.74) is 17.2. The van der Waals surface area contributed by atoms with Crippen LogP contribution in [0.1, 0.15) is 48.1 Å². The molecule has 0 radical (unpaired) electrons. The fourth-order valence-electron chi connectivity index (χ4n) is 5.80. The number of benzene rings is 3. The largest absolute Gasteiger partial charge is 0.479 e. The maximum absolute atomic E-state index is 5.90. The molecule has 2 bridgehead atoms. The first kappa shape index (κ1) is 41.8. The topological polar surface area (TPSA) is 56.5 Å². The van der Waals surface area contributed by atoms with Crippen molar-refractivity contribution in [2.45, 2.75) is 32.8 Å². The van der Waals surface area contributed by atoms with Crippen molar-refractivity contribution in [3.05, 3.63) is 229 Å². The number of fused-ring (bicyclic) bond motifs is 3. The zero-order valence-electron chi connectivity index (χ0n) is 32.8. The molecule has 0 saturated heterocycles. The maximum atomic E-state index is 5.90. The Bertz CT molecular complexity index is 2230. The van der Waals surface area contributed by atoms with Crippen LogP contribution in [0.3, 0.4) is 0 Å². The molecule has 1 aliphatic heterocycles. The van der Waals surface area contributed by atoms with E-state index in [9.17, 15) is 0 Å². The third kappa shape index (κ3) is 12.3. The summed E-state index contributed by atoms with van der Waals surface area (Å²) < 4.78 is 11.3. The minimum atomic E-state index is 0.00667. The first-order chi connectivity index (χ1) is 27.3. The molecular formula is C52H52N2O2. The monoisotopic (exact) mass is 736 g/mol. The normalized spacial score (nSPS) is 14.7. The number of ether oxygens (including phenoxy) is 2.